The van der Waals surface area contributed by atoms with Crippen LogP contribution in [0.2, 0.25) is 0 Å². The second-order valence-corrected chi connectivity index (χ2v) is 5.55. The smallest absolute Gasteiger partial charge is 0.262 e. The summed E-state index contributed by atoms with van der Waals surface area (Å²) in [4.78, 5) is 16.2. The Hall–Kier alpha value is -1.67. The molecule has 5 heteroatoms. The number of aromatic nitrogens is 1. The number of hydrogen-bond acceptors (Lipinski definition) is 4. The minimum Gasteiger partial charge on any atom is -0.351 e. The first-order chi connectivity index (χ1) is 9.24. The number of thiazole rings is 1. The molecule has 0 radical (unpaired) electrons. The summed E-state index contributed by atoms with van der Waals surface area (Å²) in [5, 5.41) is 14.8. The van der Waals surface area contributed by atoms with Crippen molar-refractivity contribution in [3.05, 3.63) is 21.7 Å². The summed E-state index contributed by atoms with van der Waals surface area (Å²) in [7, 11) is 0. The molecule has 1 N–H and O–H groups in total. The maximum atomic E-state index is 11.8. The van der Waals surface area contributed by atoms with Crippen molar-refractivity contribution >= 4 is 23.3 Å². The van der Waals surface area contributed by atoms with Crippen molar-refractivity contribution in [2.24, 2.45) is 0 Å². The Morgan fingerprint density at radius 3 is 3.11 bits per heavy atom. The summed E-state index contributed by atoms with van der Waals surface area (Å²) in [5.74, 6) is 0.299. The van der Waals surface area contributed by atoms with E-state index in [0.717, 1.165) is 17.8 Å². The lowest BCUT2D eigenvalue weighted by Gasteiger charge is -2.01. The second-order valence-electron chi connectivity index (χ2n) is 4.66. The van der Waals surface area contributed by atoms with Crippen molar-refractivity contribution in [3.63, 3.8) is 0 Å². The first kappa shape index (κ1) is 13.8. The SMILES string of the molecule is CCCCNC(=O)/C(C#N)=C\c1csc(C2CC2)n1. The monoisotopic (exact) mass is 275 g/mol. The van der Waals surface area contributed by atoms with Crippen molar-refractivity contribution in [1.29, 1.82) is 5.26 Å². The molecular formula is C14H17N3OS. The third kappa shape index (κ3) is 3.90. The molecule has 1 saturated carbocycles. The second kappa shape index (κ2) is 6.48. The van der Waals surface area contributed by atoms with E-state index in [-0.39, 0.29) is 11.5 Å². The van der Waals surface area contributed by atoms with Crippen LogP contribution in [-0.2, 0) is 4.79 Å². The zero-order chi connectivity index (χ0) is 13.7. The van der Waals surface area contributed by atoms with Gasteiger partial charge in [0.25, 0.3) is 5.91 Å². The van der Waals surface area contributed by atoms with E-state index in [1.54, 1.807) is 17.4 Å². The maximum absolute atomic E-state index is 11.8. The maximum Gasteiger partial charge on any atom is 0.262 e. The normalized spacial score (nSPS) is 15.1. The zero-order valence-corrected chi connectivity index (χ0v) is 11.8. The van der Waals surface area contributed by atoms with Crippen LogP contribution in [0.4, 0.5) is 0 Å². The number of amides is 1. The van der Waals surface area contributed by atoms with E-state index in [9.17, 15) is 4.79 Å². The third-order valence-corrected chi connectivity index (χ3v) is 3.96. The minimum absolute atomic E-state index is 0.128. The highest BCUT2D eigenvalue weighted by molar-refractivity contribution is 7.09. The Morgan fingerprint density at radius 2 is 2.47 bits per heavy atom. The molecule has 1 aliphatic carbocycles. The van der Waals surface area contributed by atoms with Gasteiger partial charge in [-0.1, -0.05) is 13.3 Å². The summed E-state index contributed by atoms with van der Waals surface area (Å²) < 4.78 is 0. The zero-order valence-electron chi connectivity index (χ0n) is 11.0. The molecule has 1 aromatic heterocycles. The van der Waals surface area contributed by atoms with Gasteiger partial charge in [-0.3, -0.25) is 4.79 Å². The highest BCUT2D eigenvalue weighted by Crippen LogP contribution is 2.41. The molecule has 0 aliphatic heterocycles. The van der Waals surface area contributed by atoms with Crippen molar-refractivity contribution < 1.29 is 4.79 Å². The molecule has 2 rings (SSSR count). The van der Waals surface area contributed by atoms with Crippen molar-refractivity contribution in [1.82, 2.24) is 10.3 Å². The van der Waals surface area contributed by atoms with Crippen LogP contribution >= 0.6 is 11.3 Å². The fourth-order valence-electron chi connectivity index (χ4n) is 1.66. The summed E-state index contributed by atoms with van der Waals surface area (Å²) in [5.41, 5.74) is 0.845. The number of nitrogens with zero attached hydrogens (tertiary/aromatic N) is 2. The van der Waals surface area contributed by atoms with Crippen molar-refractivity contribution in [2.45, 2.75) is 38.5 Å². The number of nitriles is 1. The fraction of sp³-hybridized carbons (Fsp3) is 0.500. The Balaban J connectivity index is 2.00. The third-order valence-electron chi connectivity index (χ3n) is 2.94. The lowest BCUT2D eigenvalue weighted by molar-refractivity contribution is -0.117. The molecule has 4 nitrogen and oxygen atoms in total. The minimum atomic E-state index is -0.308. The summed E-state index contributed by atoms with van der Waals surface area (Å²) in [6, 6.07) is 1.95. The molecule has 100 valence electrons. The molecule has 0 atom stereocenters. The summed E-state index contributed by atoms with van der Waals surface area (Å²) >= 11 is 1.61. The molecule has 1 heterocycles. The van der Waals surface area contributed by atoms with Crippen molar-refractivity contribution in [2.75, 3.05) is 6.54 Å². The van der Waals surface area contributed by atoms with Gasteiger partial charge in [-0.25, -0.2) is 4.98 Å². The fourth-order valence-corrected chi connectivity index (χ4v) is 2.60. The van der Waals surface area contributed by atoms with Gasteiger partial charge < -0.3 is 5.32 Å². The van der Waals surface area contributed by atoms with Gasteiger partial charge in [-0.15, -0.1) is 11.3 Å². The van der Waals surface area contributed by atoms with Crippen LogP contribution < -0.4 is 5.32 Å². The average Bonchev–Trinajstić information content (AvgIpc) is 3.16. The standard InChI is InChI=1S/C14H17N3OS/c1-2-3-6-16-13(18)11(8-15)7-12-9-19-14(17-12)10-4-5-10/h7,9-10H,2-6H2,1H3,(H,16,18)/b11-7-. The van der Waals surface area contributed by atoms with E-state index < -0.39 is 0 Å². The molecule has 0 unspecified atom stereocenters. The van der Waals surface area contributed by atoms with Crippen LogP contribution in [-0.4, -0.2) is 17.4 Å². The van der Waals surface area contributed by atoms with Crippen LogP contribution in [0.1, 0.15) is 49.2 Å². The molecule has 19 heavy (non-hydrogen) atoms. The van der Waals surface area contributed by atoms with Crippen LogP contribution in [0.15, 0.2) is 11.0 Å². The van der Waals surface area contributed by atoms with Gasteiger partial charge in [0, 0.05) is 17.8 Å². The number of nitrogens with one attached hydrogen (secondary N) is 1. The number of hydrogen-bond donors (Lipinski definition) is 1. The lowest BCUT2D eigenvalue weighted by Crippen LogP contribution is -2.25. The average molecular weight is 275 g/mol. The summed E-state index contributed by atoms with van der Waals surface area (Å²) in [6.07, 6.45) is 5.93. The number of unbranched alkanes of at least 4 members (excludes halogenated alkanes) is 1. The molecule has 1 fully saturated rings. The highest BCUT2D eigenvalue weighted by atomic mass is 32.1. The molecule has 0 bridgehead atoms. The van der Waals surface area contributed by atoms with Crippen LogP contribution in [0.5, 0.6) is 0 Å². The van der Waals surface area contributed by atoms with Gasteiger partial charge in [0.05, 0.1) is 10.7 Å². The van der Waals surface area contributed by atoms with Gasteiger partial charge in [-0.05, 0) is 25.3 Å². The highest BCUT2D eigenvalue weighted by Gasteiger charge is 2.26. The Morgan fingerprint density at radius 1 is 1.68 bits per heavy atom. The topological polar surface area (TPSA) is 65.8 Å². The Labute approximate surface area is 117 Å². The van der Waals surface area contributed by atoms with E-state index in [0.29, 0.717) is 18.2 Å². The molecular weight excluding hydrogens is 258 g/mol. The summed E-state index contributed by atoms with van der Waals surface area (Å²) in [6.45, 7) is 2.67. The van der Waals surface area contributed by atoms with E-state index in [2.05, 4.69) is 17.2 Å². The van der Waals surface area contributed by atoms with E-state index in [4.69, 9.17) is 5.26 Å². The quantitative estimate of drug-likeness (QED) is 0.493. The van der Waals surface area contributed by atoms with Gasteiger partial charge in [0.1, 0.15) is 11.6 Å². The van der Waals surface area contributed by atoms with Crippen LogP contribution in [0.25, 0.3) is 6.08 Å². The molecule has 0 saturated heterocycles. The molecule has 0 aromatic carbocycles. The van der Waals surface area contributed by atoms with E-state index >= 15 is 0 Å². The predicted molar refractivity (Wildman–Crippen MR) is 75.6 cm³/mol. The molecule has 1 aromatic rings. The van der Waals surface area contributed by atoms with Gasteiger partial charge >= 0.3 is 0 Å². The predicted octanol–water partition coefficient (Wildman–Crippen LogP) is 2.84. The lowest BCUT2D eigenvalue weighted by atomic mass is 10.2. The van der Waals surface area contributed by atoms with E-state index in [1.807, 2.05) is 11.4 Å². The van der Waals surface area contributed by atoms with Gasteiger partial charge in [-0.2, -0.15) is 5.26 Å². The van der Waals surface area contributed by atoms with Crippen LogP contribution in [0.3, 0.4) is 0 Å². The molecule has 0 spiro atoms. The first-order valence-electron chi connectivity index (χ1n) is 6.60. The first-order valence-corrected chi connectivity index (χ1v) is 7.48. The molecule has 1 aliphatic rings. The number of rotatable bonds is 6. The number of carbonyl (C=O) groups excluding carboxylic acids is 1. The van der Waals surface area contributed by atoms with Crippen molar-refractivity contribution in [3.8, 4) is 6.07 Å². The van der Waals surface area contributed by atoms with E-state index in [1.165, 1.54) is 12.8 Å². The van der Waals surface area contributed by atoms with Crippen LogP contribution in [0, 0.1) is 11.3 Å². The Bertz CT molecular complexity index is 523. The molecule has 1 amide bonds. The largest absolute Gasteiger partial charge is 0.351 e. The number of carbonyl (C=O) groups is 1. The Kier molecular flexibility index (Phi) is 4.69. The van der Waals surface area contributed by atoms with Gasteiger partial charge in [0.15, 0.2) is 0 Å². The van der Waals surface area contributed by atoms with Gasteiger partial charge in [0.2, 0.25) is 0 Å².